The molecule has 3 aromatic rings. The van der Waals surface area contributed by atoms with Crippen molar-refractivity contribution in [3.63, 3.8) is 0 Å². The molecule has 2 aromatic heterocycles. The molecule has 6 nitrogen and oxygen atoms in total. The van der Waals surface area contributed by atoms with Gasteiger partial charge < -0.3 is 13.9 Å². The summed E-state index contributed by atoms with van der Waals surface area (Å²) in [6, 6.07) is 7.07. The number of rotatable bonds is 4. The molecule has 0 unspecified atom stereocenters. The second kappa shape index (κ2) is 8.13. The van der Waals surface area contributed by atoms with E-state index in [-0.39, 0.29) is 6.61 Å². The van der Waals surface area contributed by atoms with Crippen LogP contribution in [0.25, 0.3) is 5.65 Å². The first-order valence-electron chi connectivity index (χ1n) is 9.07. The molecule has 8 heteroatoms. The second-order valence-electron chi connectivity index (χ2n) is 7.67. The molecule has 0 saturated heterocycles. The molecule has 2 heterocycles. The Kier molecular flexibility index (Phi) is 5.96. The molecule has 0 aliphatic heterocycles. The summed E-state index contributed by atoms with van der Waals surface area (Å²) in [5.41, 5.74) is 2.04. The number of anilines is 1. The van der Waals surface area contributed by atoms with Crippen molar-refractivity contribution in [2.75, 3.05) is 11.9 Å². The number of carbonyl (C=O) groups excluding carboxylic acids is 1. The Labute approximate surface area is 180 Å². The summed E-state index contributed by atoms with van der Waals surface area (Å²) in [6.45, 7) is 7.46. The smallest absolute Gasteiger partial charge is 0.414 e. The van der Waals surface area contributed by atoms with Crippen LogP contribution in [0.5, 0.6) is 5.75 Å². The number of hydrogen-bond acceptors (Lipinski definition) is 4. The SMILES string of the molecule is Cc1cn2cccc(OCc3c(Cl)ccc(N(C)C(=O)OC(C)(C)C)c3Cl)c2n1. The van der Waals surface area contributed by atoms with Crippen molar-refractivity contribution >= 4 is 40.6 Å². The van der Waals surface area contributed by atoms with E-state index in [1.807, 2.05) is 35.9 Å². The maximum Gasteiger partial charge on any atom is 0.414 e. The van der Waals surface area contributed by atoms with Gasteiger partial charge in [0, 0.05) is 30.0 Å². The molecular weight excluding hydrogens is 413 g/mol. The lowest BCUT2D eigenvalue weighted by molar-refractivity contribution is 0.0589. The van der Waals surface area contributed by atoms with Gasteiger partial charge in [-0.2, -0.15) is 0 Å². The average Bonchev–Trinajstić information content (AvgIpc) is 3.00. The molecule has 0 fully saturated rings. The van der Waals surface area contributed by atoms with Gasteiger partial charge in [0.15, 0.2) is 11.4 Å². The van der Waals surface area contributed by atoms with Crippen LogP contribution in [-0.4, -0.2) is 28.1 Å². The normalized spacial score (nSPS) is 11.6. The standard InChI is InChI=1S/C21H23Cl2N3O3/c1-13-11-26-10-6-7-17(19(26)24-13)28-12-14-15(22)8-9-16(18(14)23)25(5)20(27)29-21(2,3)4/h6-11H,12H2,1-5H3. The summed E-state index contributed by atoms with van der Waals surface area (Å²) >= 11 is 12.9. The molecule has 0 N–H and O–H groups in total. The lowest BCUT2D eigenvalue weighted by Crippen LogP contribution is -2.34. The van der Waals surface area contributed by atoms with Crippen molar-refractivity contribution in [1.29, 1.82) is 0 Å². The zero-order valence-electron chi connectivity index (χ0n) is 17.0. The summed E-state index contributed by atoms with van der Waals surface area (Å²) in [4.78, 5) is 18.2. The van der Waals surface area contributed by atoms with Gasteiger partial charge >= 0.3 is 6.09 Å². The Morgan fingerprint density at radius 2 is 1.97 bits per heavy atom. The van der Waals surface area contributed by atoms with Gasteiger partial charge in [0.25, 0.3) is 0 Å². The number of fused-ring (bicyclic) bond motifs is 1. The molecule has 0 saturated carbocycles. The third-order valence-electron chi connectivity index (χ3n) is 4.13. The third-order valence-corrected chi connectivity index (χ3v) is 4.91. The maximum atomic E-state index is 12.4. The number of hydrogen-bond donors (Lipinski definition) is 0. The minimum Gasteiger partial charge on any atom is -0.485 e. The topological polar surface area (TPSA) is 56.1 Å². The highest BCUT2D eigenvalue weighted by molar-refractivity contribution is 6.38. The predicted molar refractivity (Wildman–Crippen MR) is 115 cm³/mol. The fraction of sp³-hybridized carbons (Fsp3) is 0.333. The summed E-state index contributed by atoms with van der Waals surface area (Å²) < 4.78 is 13.3. The van der Waals surface area contributed by atoms with Crippen LogP contribution in [0.15, 0.2) is 36.7 Å². The van der Waals surface area contributed by atoms with Gasteiger partial charge in [-0.15, -0.1) is 0 Å². The number of aryl methyl sites for hydroxylation is 1. The van der Waals surface area contributed by atoms with Crippen molar-refractivity contribution in [1.82, 2.24) is 9.38 Å². The zero-order valence-corrected chi connectivity index (χ0v) is 18.5. The first-order chi connectivity index (χ1) is 13.6. The average molecular weight is 436 g/mol. The molecule has 3 rings (SSSR count). The van der Waals surface area contributed by atoms with E-state index in [1.165, 1.54) is 4.90 Å². The molecule has 154 valence electrons. The fourth-order valence-corrected chi connectivity index (χ4v) is 3.38. The molecule has 29 heavy (non-hydrogen) atoms. The third kappa shape index (κ3) is 4.77. The number of ether oxygens (including phenoxy) is 2. The minimum absolute atomic E-state index is 0.124. The number of pyridine rings is 1. The van der Waals surface area contributed by atoms with Crippen molar-refractivity contribution in [3.8, 4) is 5.75 Å². The number of imidazole rings is 1. The second-order valence-corrected chi connectivity index (χ2v) is 8.46. The molecule has 0 atom stereocenters. The van der Waals surface area contributed by atoms with Gasteiger partial charge in [0.05, 0.1) is 16.4 Å². The number of benzene rings is 1. The molecule has 0 radical (unpaired) electrons. The lowest BCUT2D eigenvalue weighted by Gasteiger charge is -2.26. The van der Waals surface area contributed by atoms with Crippen molar-refractivity contribution in [2.45, 2.75) is 39.9 Å². The maximum absolute atomic E-state index is 12.4. The quantitative estimate of drug-likeness (QED) is 0.511. The lowest BCUT2D eigenvalue weighted by atomic mass is 10.2. The zero-order chi connectivity index (χ0) is 21.3. The first kappa shape index (κ1) is 21.3. The summed E-state index contributed by atoms with van der Waals surface area (Å²) in [7, 11) is 1.60. The predicted octanol–water partition coefficient (Wildman–Crippen LogP) is 5.90. The highest BCUT2D eigenvalue weighted by Crippen LogP contribution is 2.35. The molecular formula is C21H23Cl2N3O3. The summed E-state index contributed by atoms with van der Waals surface area (Å²) in [5.74, 6) is 0.610. The molecule has 0 aliphatic rings. The van der Waals surface area contributed by atoms with Crippen LogP contribution in [0.4, 0.5) is 10.5 Å². The van der Waals surface area contributed by atoms with E-state index in [9.17, 15) is 4.79 Å². The van der Waals surface area contributed by atoms with Crippen LogP contribution in [0.2, 0.25) is 10.0 Å². The number of halogens is 2. The van der Waals surface area contributed by atoms with E-state index in [4.69, 9.17) is 32.7 Å². The van der Waals surface area contributed by atoms with Crippen LogP contribution in [0.3, 0.4) is 0 Å². The van der Waals surface area contributed by atoms with Crippen LogP contribution in [0, 0.1) is 6.92 Å². The van der Waals surface area contributed by atoms with Crippen LogP contribution in [-0.2, 0) is 11.3 Å². The summed E-state index contributed by atoms with van der Waals surface area (Å²) in [5, 5.41) is 0.778. The fourth-order valence-electron chi connectivity index (χ4n) is 2.78. The number of nitrogens with zero attached hydrogens (tertiary/aromatic N) is 3. The van der Waals surface area contributed by atoms with Gasteiger partial charge in [-0.1, -0.05) is 23.2 Å². The van der Waals surface area contributed by atoms with E-state index in [1.54, 1.807) is 40.0 Å². The number of aromatic nitrogens is 2. The largest absolute Gasteiger partial charge is 0.485 e. The van der Waals surface area contributed by atoms with Gasteiger partial charge in [0.1, 0.15) is 12.2 Å². The van der Waals surface area contributed by atoms with Crippen LogP contribution < -0.4 is 9.64 Å². The Balaban J connectivity index is 1.86. The highest BCUT2D eigenvalue weighted by Gasteiger charge is 2.24. The Morgan fingerprint density at radius 3 is 2.66 bits per heavy atom. The number of amides is 1. The van der Waals surface area contributed by atoms with E-state index in [0.29, 0.717) is 32.7 Å². The molecule has 0 spiro atoms. The summed E-state index contributed by atoms with van der Waals surface area (Å²) in [6.07, 6.45) is 3.31. The van der Waals surface area contributed by atoms with E-state index < -0.39 is 11.7 Å². The molecule has 0 bridgehead atoms. The van der Waals surface area contributed by atoms with Crippen molar-refractivity contribution in [3.05, 3.63) is 58.0 Å². The van der Waals surface area contributed by atoms with Gasteiger partial charge in [0.2, 0.25) is 0 Å². The van der Waals surface area contributed by atoms with Crippen molar-refractivity contribution in [2.24, 2.45) is 0 Å². The Hall–Kier alpha value is -2.44. The first-order valence-corrected chi connectivity index (χ1v) is 9.83. The Morgan fingerprint density at radius 1 is 1.24 bits per heavy atom. The van der Waals surface area contributed by atoms with E-state index >= 15 is 0 Å². The molecule has 0 aliphatic carbocycles. The van der Waals surface area contributed by atoms with Gasteiger partial charge in [-0.25, -0.2) is 9.78 Å². The van der Waals surface area contributed by atoms with Crippen molar-refractivity contribution < 1.29 is 14.3 Å². The van der Waals surface area contributed by atoms with E-state index in [2.05, 4.69) is 4.98 Å². The number of carbonyl (C=O) groups is 1. The monoisotopic (exact) mass is 435 g/mol. The minimum atomic E-state index is -0.614. The van der Waals surface area contributed by atoms with Gasteiger partial charge in [-0.05, 0) is 52.0 Å². The van der Waals surface area contributed by atoms with Crippen LogP contribution in [0.1, 0.15) is 32.0 Å². The van der Waals surface area contributed by atoms with E-state index in [0.717, 1.165) is 5.69 Å². The van der Waals surface area contributed by atoms with Crippen LogP contribution >= 0.6 is 23.2 Å². The molecule has 1 aromatic carbocycles. The highest BCUT2D eigenvalue weighted by atomic mass is 35.5. The van der Waals surface area contributed by atoms with Gasteiger partial charge in [-0.3, -0.25) is 4.90 Å². The Bertz CT molecular complexity index is 1060. The molecule has 1 amide bonds.